The summed E-state index contributed by atoms with van der Waals surface area (Å²) in [5.41, 5.74) is 3.98. The van der Waals surface area contributed by atoms with E-state index in [1.54, 1.807) is 53.7 Å². The third-order valence-electron chi connectivity index (χ3n) is 4.88. The lowest BCUT2D eigenvalue weighted by Gasteiger charge is -2.43. The van der Waals surface area contributed by atoms with Crippen LogP contribution in [0.2, 0.25) is 0 Å². The normalized spacial score (nSPS) is 13.3. The molecule has 5 N–H and O–H groups in total. The van der Waals surface area contributed by atoms with Crippen LogP contribution in [0.1, 0.15) is 79.3 Å². The number of phenols is 1. The molecule has 0 aliphatic rings. The second kappa shape index (κ2) is 12.4. The Morgan fingerprint density at radius 2 is 1.74 bits per heavy atom. The number of nitrogens with two attached hydrogens (primary N) is 1. The number of benzene rings is 1. The van der Waals surface area contributed by atoms with Gasteiger partial charge in [-0.2, -0.15) is 0 Å². The lowest BCUT2D eigenvalue weighted by atomic mass is 9.94. The van der Waals surface area contributed by atoms with Gasteiger partial charge in [0.25, 0.3) is 0 Å². The van der Waals surface area contributed by atoms with E-state index in [-0.39, 0.29) is 5.75 Å². The van der Waals surface area contributed by atoms with E-state index < -0.39 is 53.5 Å². The fraction of sp³-hybridized carbons (Fsp3) is 0.600. The van der Waals surface area contributed by atoms with Crippen LogP contribution in [-0.2, 0) is 19.1 Å². The van der Waals surface area contributed by atoms with E-state index in [1.807, 2.05) is 6.92 Å². The minimum Gasteiger partial charge on any atom is -0.508 e. The Balaban J connectivity index is 3.52. The maximum absolute atomic E-state index is 13.9. The smallest absolute Gasteiger partial charge is 0.408 e. The first kappa shape index (κ1) is 29.7. The molecule has 1 rings (SSSR count). The first-order chi connectivity index (χ1) is 16.1. The number of nitrogens with one attached hydrogen (secondary N) is 2. The summed E-state index contributed by atoms with van der Waals surface area (Å²) in [4.78, 5) is 52.8. The molecule has 2 unspecified atom stereocenters. The lowest BCUT2D eigenvalue weighted by Crippen LogP contribution is -2.59. The highest BCUT2D eigenvalue weighted by molar-refractivity contribution is 5.95. The number of primary amides is 1. The van der Waals surface area contributed by atoms with E-state index >= 15 is 0 Å². The summed E-state index contributed by atoms with van der Waals surface area (Å²) in [5, 5.41) is 15.3. The number of rotatable bonds is 10. The Morgan fingerprint density at radius 3 is 2.23 bits per heavy atom. The van der Waals surface area contributed by atoms with Gasteiger partial charge in [0.15, 0.2) is 0 Å². The molecule has 0 spiro atoms. The predicted octanol–water partition coefficient (Wildman–Crippen LogP) is 2.75. The van der Waals surface area contributed by atoms with Crippen molar-refractivity contribution in [3.8, 4) is 5.75 Å². The Bertz CT molecular complexity index is 904. The number of ether oxygens (including phenoxy) is 1. The fourth-order valence-corrected chi connectivity index (χ4v) is 3.46. The molecule has 0 fully saturated rings. The standard InChI is InChI=1S/C25H40N4O6/c1-8-9-13-27-21(32)20(16-11-10-12-17(30)14-16)29(24(2,3)4)22(33)18(15-19(26)31)28-23(34)35-25(5,6)7/h10-12,14,18,20,30H,8-9,13,15H2,1-7H3,(H2,26,31)(H,27,32)(H,28,34). The van der Waals surface area contributed by atoms with Crippen LogP contribution in [0.25, 0.3) is 0 Å². The summed E-state index contributed by atoms with van der Waals surface area (Å²) in [5.74, 6) is -2.03. The fourth-order valence-electron chi connectivity index (χ4n) is 3.46. The number of phenolic OH excluding ortho intramolecular Hbond substituents is 1. The number of hydrogen-bond donors (Lipinski definition) is 4. The summed E-state index contributed by atoms with van der Waals surface area (Å²) in [6, 6.07) is 3.54. The van der Waals surface area contributed by atoms with Gasteiger partial charge in [0.2, 0.25) is 17.7 Å². The molecule has 0 heterocycles. The van der Waals surface area contributed by atoms with Crippen LogP contribution in [-0.4, -0.2) is 57.5 Å². The topological polar surface area (TPSA) is 151 Å². The highest BCUT2D eigenvalue weighted by Gasteiger charge is 2.42. The van der Waals surface area contributed by atoms with Crippen molar-refractivity contribution in [1.29, 1.82) is 0 Å². The molecule has 0 aliphatic heterocycles. The van der Waals surface area contributed by atoms with E-state index in [0.29, 0.717) is 12.1 Å². The highest BCUT2D eigenvalue weighted by Crippen LogP contribution is 2.31. The Hall–Kier alpha value is -3.30. The molecule has 0 bridgehead atoms. The van der Waals surface area contributed by atoms with Gasteiger partial charge in [0.1, 0.15) is 23.4 Å². The molecular weight excluding hydrogens is 452 g/mol. The number of unbranched alkanes of at least 4 members (excludes halogenated alkanes) is 1. The van der Waals surface area contributed by atoms with Crippen molar-refractivity contribution in [1.82, 2.24) is 15.5 Å². The van der Waals surface area contributed by atoms with Crippen LogP contribution in [0.4, 0.5) is 4.79 Å². The van der Waals surface area contributed by atoms with Crippen molar-refractivity contribution in [2.45, 2.75) is 91.0 Å². The number of hydrogen-bond acceptors (Lipinski definition) is 6. The first-order valence-corrected chi connectivity index (χ1v) is 11.7. The summed E-state index contributed by atoms with van der Waals surface area (Å²) in [6.45, 7) is 12.6. The second-order valence-electron chi connectivity index (χ2n) is 10.4. The molecule has 1 aromatic rings. The monoisotopic (exact) mass is 492 g/mol. The summed E-state index contributed by atoms with van der Waals surface area (Å²) in [6.07, 6.45) is 0.216. The molecule has 0 radical (unpaired) electrons. The molecule has 4 amide bonds. The molecule has 35 heavy (non-hydrogen) atoms. The van der Waals surface area contributed by atoms with Gasteiger partial charge in [-0.15, -0.1) is 0 Å². The molecule has 0 aliphatic carbocycles. The van der Waals surface area contributed by atoms with Gasteiger partial charge in [-0.1, -0.05) is 25.5 Å². The van der Waals surface area contributed by atoms with E-state index in [0.717, 1.165) is 12.8 Å². The van der Waals surface area contributed by atoms with Crippen molar-refractivity contribution in [2.75, 3.05) is 6.54 Å². The summed E-state index contributed by atoms with van der Waals surface area (Å²) < 4.78 is 5.25. The van der Waals surface area contributed by atoms with Crippen LogP contribution < -0.4 is 16.4 Å². The van der Waals surface area contributed by atoms with Crippen molar-refractivity contribution in [3.05, 3.63) is 29.8 Å². The molecule has 0 aromatic heterocycles. The first-order valence-electron chi connectivity index (χ1n) is 11.7. The lowest BCUT2D eigenvalue weighted by molar-refractivity contribution is -0.149. The van der Waals surface area contributed by atoms with Gasteiger partial charge in [-0.25, -0.2) is 4.79 Å². The molecule has 10 heteroatoms. The van der Waals surface area contributed by atoms with E-state index in [4.69, 9.17) is 10.5 Å². The Kier molecular flexibility index (Phi) is 10.5. The molecular formula is C25H40N4O6. The van der Waals surface area contributed by atoms with Crippen molar-refractivity contribution in [3.63, 3.8) is 0 Å². The average molecular weight is 493 g/mol. The molecule has 10 nitrogen and oxygen atoms in total. The number of amides is 4. The second-order valence-corrected chi connectivity index (χ2v) is 10.4. The van der Waals surface area contributed by atoms with Crippen molar-refractivity contribution in [2.24, 2.45) is 5.73 Å². The van der Waals surface area contributed by atoms with Crippen LogP contribution in [0.15, 0.2) is 24.3 Å². The van der Waals surface area contributed by atoms with Crippen LogP contribution in [0.3, 0.4) is 0 Å². The van der Waals surface area contributed by atoms with Crippen molar-refractivity contribution < 1.29 is 29.0 Å². The average Bonchev–Trinajstić information content (AvgIpc) is 2.68. The third-order valence-corrected chi connectivity index (χ3v) is 4.88. The van der Waals surface area contributed by atoms with Gasteiger partial charge in [-0.3, -0.25) is 14.4 Å². The van der Waals surface area contributed by atoms with Gasteiger partial charge < -0.3 is 31.1 Å². The number of nitrogens with zero attached hydrogens (tertiary/aromatic N) is 1. The summed E-state index contributed by atoms with van der Waals surface area (Å²) >= 11 is 0. The molecule has 196 valence electrons. The molecule has 1 aromatic carbocycles. The van der Waals surface area contributed by atoms with Crippen LogP contribution >= 0.6 is 0 Å². The van der Waals surface area contributed by atoms with Gasteiger partial charge >= 0.3 is 6.09 Å². The zero-order valence-electron chi connectivity index (χ0n) is 21.8. The zero-order chi connectivity index (χ0) is 27.0. The largest absolute Gasteiger partial charge is 0.508 e. The molecule has 0 saturated carbocycles. The zero-order valence-corrected chi connectivity index (χ0v) is 21.8. The number of carbonyl (C=O) groups is 4. The predicted molar refractivity (Wildman–Crippen MR) is 132 cm³/mol. The maximum Gasteiger partial charge on any atom is 0.408 e. The highest BCUT2D eigenvalue weighted by atomic mass is 16.6. The van der Waals surface area contributed by atoms with Gasteiger partial charge in [0.05, 0.1) is 6.42 Å². The van der Waals surface area contributed by atoms with Crippen LogP contribution in [0.5, 0.6) is 5.75 Å². The van der Waals surface area contributed by atoms with E-state index in [1.165, 1.54) is 17.0 Å². The minimum absolute atomic E-state index is 0.0734. The van der Waals surface area contributed by atoms with Crippen LogP contribution in [0, 0.1) is 0 Å². The maximum atomic E-state index is 13.9. The molecule has 0 saturated heterocycles. The minimum atomic E-state index is -1.37. The third kappa shape index (κ3) is 9.84. The summed E-state index contributed by atoms with van der Waals surface area (Å²) in [7, 11) is 0. The Morgan fingerprint density at radius 1 is 1.11 bits per heavy atom. The molecule has 2 atom stereocenters. The quantitative estimate of drug-likeness (QED) is 0.369. The number of alkyl carbamates (subject to hydrolysis) is 1. The van der Waals surface area contributed by atoms with Crippen molar-refractivity contribution >= 4 is 23.8 Å². The van der Waals surface area contributed by atoms with Gasteiger partial charge in [-0.05, 0) is 65.7 Å². The SMILES string of the molecule is CCCCNC(=O)C(c1cccc(O)c1)N(C(=O)C(CC(N)=O)NC(=O)OC(C)(C)C)C(C)(C)C. The van der Waals surface area contributed by atoms with Gasteiger partial charge in [0, 0.05) is 12.1 Å². The van der Waals surface area contributed by atoms with E-state index in [2.05, 4.69) is 10.6 Å². The van der Waals surface area contributed by atoms with E-state index in [9.17, 15) is 24.3 Å². The number of carbonyl (C=O) groups excluding carboxylic acids is 4. The Labute approximate surface area is 207 Å². The number of aromatic hydroxyl groups is 1.